The molecule has 0 bridgehead atoms. The summed E-state index contributed by atoms with van der Waals surface area (Å²) in [5.41, 5.74) is 1.04. The van der Waals surface area contributed by atoms with Crippen molar-refractivity contribution < 1.29 is 19.2 Å². The van der Waals surface area contributed by atoms with Crippen LogP contribution in [0.1, 0.15) is 42.9 Å². The first kappa shape index (κ1) is 27.1. The van der Waals surface area contributed by atoms with Crippen molar-refractivity contribution in [3.63, 3.8) is 0 Å². The first-order chi connectivity index (χ1) is 19.1. The zero-order valence-corrected chi connectivity index (χ0v) is 22.9. The van der Waals surface area contributed by atoms with E-state index in [1.807, 2.05) is 37.6 Å². The molecule has 208 valence electrons. The number of nitro benzene ring substituents is 1. The minimum atomic E-state index is -0.698. The number of aromatic nitrogens is 2. The number of imidazole rings is 1. The molecule has 1 saturated heterocycles. The van der Waals surface area contributed by atoms with E-state index in [0.29, 0.717) is 29.5 Å². The van der Waals surface area contributed by atoms with Crippen LogP contribution in [0.5, 0.6) is 5.75 Å². The molecule has 2 aliphatic rings. The van der Waals surface area contributed by atoms with Crippen LogP contribution in [0.15, 0.2) is 59.9 Å². The van der Waals surface area contributed by atoms with Crippen molar-refractivity contribution in [3.05, 3.63) is 86.9 Å². The van der Waals surface area contributed by atoms with Crippen molar-refractivity contribution in [2.24, 2.45) is 12.0 Å². The predicted octanol–water partition coefficient (Wildman–Crippen LogP) is 3.87. The fourth-order valence-electron chi connectivity index (χ4n) is 4.90. The lowest BCUT2D eigenvalue weighted by Crippen LogP contribution is -2.55. The maximum atomic E-state index is 14.3. The second kappa shape index (κ2) is 11.0. The van der Waals surface area contributed by atoms with Gasteiger partial charge in [0.1, 0.15) is 36.0 Å². The molecule has 2 aromatic carbocycles. The summed E-state index contributed by atoms with van der Waals surface area (Å²) in [4.78, 5) is 50.2. The number of halogens is 1. The molecule has 5 rings (SSSR count). The van der Waals surface area contributed by atoms with Gasteiger partial charge in [-0.15, -0.1) is 0 Å². The summed E-state index contributed by atoms with van der Waals surface area (Å²) in [5, 5.41) is 14.9. The number of aryl methyl sites for hydroxylation is 1. The van der Waals surface area contributed by atoms with E-state index >= 15 is 0 Å². The van der Waals surface area contributed by atoms with Crippen LogP contribution in [0.4, 0.5) is 10.5 Å². The molecule has 0 unspecified atom stereocenters. The lowest BCUT2D eigenvalue weighted by Gasteiger charge is -2.35. The Morgan fingerprint density at radius 2 is 1.98 bits per heavy atom. The molecule has 3 aromatic rings. The van der Waals surface area contributed by atoms with E-state index in [-0.39, 0.29) is 35.8 Å². The fraction of sp³-hybridized carbons (Fsp3) is 0.333. The number of non-ortho nitro benzene ring substituents is 1. The quantitative estimate of drug-likeness (QED) is 0.356. The summed E-state index contributed by atoms with van der Waals surface area (Å²) in [7, 11) is 1.83. The zero-order valence-electron chi connectivity index (χ0n) is 22.2. The molecule has 2 atom stereocenters. The molecule has 0 spiro atoms. The number of nitrogens with zero attached hydrogens (tertiary/aromatic N) is 6. The zero-order chi connectivity index (χ0) is 28.6. The molecule has 3 heterocycles. The van der Waals surface area contributed by atoms with Gasteiger partial charge in [-0.25, -0.2) is 9.78 Å². The van der Waals surface area contributed by atoms with Gasteiger partial charge in [-0.2, -0.15) is 0 Å². The highest BCUT2D eigenvalue weighted by Gasteiger charge is 2.47. The Balaban J connectivity index is 1.72. The SMILES string of the molecule is CC(C)Oc1cc([N+](=O)[O-])ccc1C1=N[C@@H](c2ccc(Cl)cc2)[C@@H](c2nccn2C)N1C(=O)N1CCNC(=O)C1. The van der Waals surface area contributed by atoms with Crippen molar-refractivity contribution in [1.82, 2.24) is 24.7 Å². The molecule has 2 aliphatic heterocycles. The number of carbonyl (C=O) groups is 2. The van der Waals surface area contributed by atoms with E-state index in [1.54, 1.807) is 24.5 Å². The minimum absolute atomic E-state index is 0.114. The van der Waals surface area contributed by atoms with Gasteiger partial charge in [0, 0.05) is 43.6 Å². The lowest BCUT2D eigenvalue weighted by molar-refractivity contribution is -0.384. The van der Waals surface area contributed by atoms with Gasteiger partial charge in [-0.05, 0) is 37.6 Å². The van der Waals surface area contributed by atoms with E-state index in [2.05, 4.69) is 10.3 Å². The number of nitro groups is 1. The van der Waals surface area contributed by atoms with Gasteiger partial charge >= 0.3 is 6.03 Å². The molecule has 1 N–H and O–H groups in total. The summed E-state index contributed by atoms with van der Waals surface area (Å²) in [6.45, 7) is 4.13. The number of piperazine rings is 1. The number of hydrogen-bond donors (Lipinski definition) is 1. The Hall–Kier alpha value is -4.45. The molecule has 1 aromatic heterocycles. The molecule has 0 saturated carbocycles. The second-order valence-corrected chi connectivity index (χ2v) is 10.3. The van der Waals surface area contributed by atoms with Crippen LogP contribution in [-0.2, 0) is 11.8 Å². The Bertz CT molecular complexity index is 1490. The molecule has 12 nitrogen and oxygen atoms in total. The number of hydrogen-bond acceptors (Lipinski definition) is 7. The average molecular weight is 566 g/mol. The number of amidine groups is 1. The Morgan fingerprint density at radius 1 is 1.23 bits per heavy atom. The van der Waals surface area contributed by atoms with Crippen molar-refractivity contribution in [1.29, 1.82) is 0 Å². The molecular formula is C27H28ClN7O5. The van der Waals surface area contributed by atoms with Crippen molar-refractivity contribution in [3.8, 4) is 5.75 Å². The second-order valence-electron chi connectivity index (χ2n) is 9.82. The first-order valence-electron chi connectivity index (χ1n) is 12.7. The van der Waals surface area contributed by atoms with Crippen molar-refractivity contribution in [2.45, 2.75) is 32.0 Å². The van der Waals surface area contributed by atoms with Crippen LogP contribution in [-0.4, -0.2) is 67.8 Å². The van der Waals surface area contributed by atoms with Gasteiger partial charge in [0.15, 0.2) is 0 Å². The number of ether oxygens (including phenoxy) is 1. The highest BCUT2D eigenvalue weighted by molar-refractivity contribution is 6.30. The number of urea groups is 1. The molecular weight excluding hydrogens is 538 g/mol. The van der Waals surface area contributed by atoms with E-state index in [0.717, 1.165) is 5.56 Å². The third-order valence-electron chi connectivity index (χ3n) is 6.70. The Morgan fingerprint density at radius 3 is 2.60 bits per heavy atom. The highest BCUT2D eigenvalue weighted by atomic mass is 35.5. The van der Waals surface area contributed by atoms with Gasteiger partial charge in [-0.1, -0.05) is 23.7 Å². The first-order valence-corrected chi connectivity index (χ1v) is 13.1. The predicted molar refractivity (Wildman–Crippen MR) is 147 cm³/mol. The maximum Gasteiger partial charge on any atom is 0.326 e. The van der Waals surface area contributed by atoms with E-state index in [1.165, 1.54) is 28.0 Å². The molecule has 13 heteroatoms. The summed E-state index contributed by atoms with van der Waals surface area (Å²) < 4.78 is 7.82. The Labute approximate surface area is 235 Å². The largest absolute Gasteiger partial charge is 0.490 e. The van der Waals surface area contributed by atoms with E-state index in [9.17, 15) is 19.7 Å². The number of nitrogens with one attached hydrogen (secondary N) is 1. The highest BCUT2D eigenvalue weighted by Crippen LogP contribution is 2.45. The van der Waals surface area contributed by atoms with Gasteiger partial charge in [0.05, 0.1) is 22.7 Å². The normalized spacial score (nSPS) is 19.0. The molecule has 0 aliphatic carbocycles. The maximum absolute atomic E-state index is 14.3. The van der Waals surface area contributed by atoms with Crippen molar-refractivity contribution >= 4 is 35.1 Å². The Kier molecular flexibility index (Phi) is 7.44. The van der Waals surface area contributed by atoms with Gasteiger partial charge in [-0.3, -0.25) is 24.8 Å². The summed E-state index contributed by atoms with van der Waals surface area (Å²) >= 11 is 6.18. The summed E-state index contributed by atoms with van der Waals surface area (Å²) in [6.07, 6.45) is 3.11. The standard InChI is InChI=1S/C27H28ClN7O5/c1-16(2)40-21-14-19(35(38)39)8-9-20(21)25-31-23(17-4-6-18(28)7-5-17)24(26-30-10-12-32(26)3)34(25)27(37)33-13-11-29-22(36)15-33/h4-10,12,14,16,23-24H,11,13,15H2,1-3H3,(H,29,36)/t23-,24-/m0/s1. The summed E-state index contributed by atoms with van der Waals surface area (Å²) in [6, 6.07) is 9.67. The van der Waals surface area contributed by atoms with Gasteiger partial charge in [0.25, 0.3) is 5.69 Å². The van der Waals surface area contributed by atoms with Gasteiger partial charge < -0.3 is 19.5 Å². The smallest absolute Gasteiger partial charge is 0.326 e. The van der Waals surface area contributed by atoms with Crippen LogP contribution in [0.3, 0.4) is 0 Å². The lowest BCUT2D eigenvalue weighted by atomic mass is 9.99. The molecule has 40 heavy (non-hydrogen) atoms. The minimum Gasteiger partial charge on any atom is -0.490 e. The molecule has 1 fully saturated rings. The number of aliphatic imine (C=N–C) groups is 1. The van der Waals surface area contributed by atoms with Crippen LogP contribution in [0.25, 0.3) is 0 Å². The van der Waals surface area contributed by atoms with Crippen molar-refractivity contribution in [2.75, 3.05) is 19.6 Å². The van der Waals surface area contributed by atoms with Crippen LogP contribution in [0.2, 0.25) is 5.02 Å². The average Bonchev–Trinajstić information content (AvgIpc) is 3.51. The fourth-order valence-corrected chi connectivity index (χ4v) is 5.02. The topological polar surface area (TPSA) is 135 Å². The molecule has 3 amide bonds. The van der Waals surface area contributed by atoms with E-state index < -0.39 is 23.0 Å². The number of rotatable bonds is 6. The third-order valence-corrected chi connectivity index (χ3v) is 6.95. The number of amides is 3. The van der Waals surface area contributed by atoms with Crippen LogP contribution < -0.4 is 10.1 Å². The summed E-state index contributed by atoms with van der Waals surface area (Å²) in [5.74, 6) is 0.781. The van der Waals surface area contributed by atoms with E-state index in [4.69, 9.17) is 21.3 Å². The van der Waals surface area contributed by atoms with Gasteiger partial charge in [0.2, 0.25) is 5.91 Å². The number of carbonyl (C=O) groups excluding carboxylic acids is 2. The van der Waals surface area contributed by atoms with Crippen LogP contribution in [0, 0.1) is 10.1 Å². The molecule has 0 radical (unpaired) electrons. The number of benzene rings is 2. The monoisotopic (exact) mass is 565 g/mol. The third kappa shape index (κ3) is 5.22. The van der Waals surface area contributed by atoms with Crippen LogP contribution >= 0.6 is 11.6 Å².